The molecule has 2 atom stereocenters. The van der Waals surface area contributed by atoms with Gasteiger partial charge in [-0.1, -0.05) is 97.4 Å². The van der Waals surface area contributed by atoms with Gasteiger partial charge in [-0.3, -0.25) is 20.2 Å². The van der Waals surface area contributed by atoms with E-state index in [0.29, 0.717) is 46.2 Å². The normalized spacial score (nSPS) is 12.3. The van der Waals surface area contributed by atoms with Crippen LogP contribution in [0.3, 0.4) is 0 Å². The molecule has 5 aromatic carbocycles. The SMILES string of the molecule is CCC(N[C@@H](C)c1ccccc1)C(=O)NC(=O)c1ccc(-c2ccccc2)cc1-c1ccc(Cl)cc1Oc1cccc(CN)c1. The maximum Gasteiger partial charge on any atom is 0.258 e. The Labute approximate surface area is 269 Å². The van der Waals surface area contributed by atoms with Crippen LogP contribution in [0.4, 0.5) is 0 Å². The third-order valence-electron chi connectivity index (χ3n) is 7.68. The minimum Gasteiger partial charge on any atom is -0.457 e. The van der Waals surface area contributed by atoms with E-state index in [0.717, 1.165) is 22.3 Å². The van der Waals surface area contributed by atoms with Crippen LogP contribution in [0.1, 0.15) is 47.8 Å². The van der Waals surface area contributed by atoms with Gasteiger partial charge in [0.15, 0.2) is 0 Å². The van der Waals surface area contributed by atoms with Gasteiger partial charge in [0.1, 0.15) is 11.5 Å². The van der Waals surface area contributed by atoms with E-state index >= 15 is 0 Å². The van der Waals surface area contributed by atoms with Gasteiger partial charge in [0.05, 0.1) is 6.04 Å². The van der Waals surface area contributed by atoms with Crippen LogP contribution in [-0.4, -0.2) is 17.9 Å². The zero-order valence-corrected chi connectivity index (χ0v) is 26.1. The molecule has 0 aromatic heterocycles. The van der Waals surface area contributed by atoms with Crippen LogP contribution in [0.25, 0.3) is 22.3 Å². The summed E-state index contributed by atoms with van der Waals surface area (Å²) in [5, 5.41) is 6.49. The third kappa shape index (κ3) is 7.86. The van der Waals surface area contributed by atoms with Crippen LogP contribution in [0, 0.1) is 0 Å². The maximum absolute atomic E-state index is 13.9. The van der Waals surface area contributed by atoms with Gasteiger partial charge in [-0.25, -0.2) is 0 Å². The summed E-state index contributed by atoms with van der Waals surface area (Å²) in [6.45, 7) is 4.28. The molecular weight excluding hydrogens is 582 g/mol. The number of carbonyl (C=O) groups excluding carboxylic acids is 2. The van der Waals surface area contributed by atoms with Crippen LogP contribution in [0.5, 0.6) is 11.5 Å². The highest BCUT2D eigenvalue weighted by molar-refractivity contribution is 6.30. The lowest BCUT2D eigenvalue weighted by molar-refractivity contribution is -0.122. The van der Waals surface area contributed by atoms with E-state index in [4.69, 9.17) is 22.1 Å². The van der Waals surface area contributed by atoms with Crippen LogP contribution in [-0.2, 0) is 11.3 Å². The quantitative estimate of drug-likeness (QED) is 0.139. The molecule has 0 saturated heterocycles. The second-order valence-electron chi connectivity index (χ2n) is 10.8. The highest BCUT2D eigenvalue weighted by atomic mass is 35.5. The molecule has 0 aliphatic heterocycles. The summed E-state index contributed by atoms with van der Waals surface area (Å²) in [6, 6.07) is 37.5. The average Bonchev–Trinajstić information content (AvgIpc) is 3.07. The van der Waals surface area contributed by atoms with E-state index in [9.17, 15) is 9.59 Å². The summed E-state index contributed by atoms with van der Waals surface area (Å²) >= 11 is 6.43. The van der Waals surface area contributed by atoms with Crippen molar-refractivity contribution < 1.29 is 14.3 Å². The molecule has 7 heteroatoms. The molecule has 0 fully saturated rings. The van der Waals surface area contributed by atoms with Gasteiger partial charge in [0, 0.05) is 34.8 Å². The Morgan fingerprint density at radius 1 is 0.800 bits per heavy atom. The first-order valence-corrected chi connectivity index (χ1v) is 15.4. The monoisotopic (exact) mass is 617 g/mol. The summed E-state index contributed by atoms with van der Waals surface area (Å²) in [6.07, 6.45) is 0.507. The predicted octanol–water partition coefficient (Wildman–Crippen LogP) is 8.31. The van der Waals surface area contributed by atoms with Crippen LogP contribution in [0.15, 0.2) is 121 Å². The Kier molecular flexibility index (Phi) is 10.4. The van der Waals surface area contributed by atoms with Crippen molar-refractivity contribution in [1.29, 1.82) is 0 Å². The second-order valence-corrected chi connectivity index (χ2v) is 11.2. The number of ether oxygens (including phenoxy) is 1. The minimum atomic E-state index is -0.569. The molecule has 0 saturated carbocycles. The van der Waals surface area contributed by atoms with E-state index in [1.54, 1.807) is 18.2 Å². The molecule has 1 unspecified atom stereocenters. The van der Waals surface area contributed by atoms with E-state index in [1.807, 2.05) is 117 Å². The standard InChI is InChI=1S/C38H36ClN3O3/c1-3-35(41-25(2)27-12-6-4-7-13-27)38(44)42-37(43)33-19-17-29(28-14-8-5-9-15-28)22-34(33)32-20-18-30(39)23-36(32)45-31-16-10-11-26(21-31)24-40/h4-23,25,35,41H,3,24,40H2,1-2H3,(H,42,43,44)/t25-,35?/m0/s1. The van der Waals surface area contributed by atoms with E-state index in [-0.39, 0.29) is 6.04 Å². The number of amides is 2. The topological polar surface area (TPSA) is 93.5 Å². The van der Waals surface area contributed by atoms with Gasteiger partial charge < -0.3 is 10.5 Å². The number of halogens is 1. The largest absolute Gasteiger partial charge is 0.457 e. The van der Waals surface area contributed by atoms with Gasteiger partial charge in [0.25, 0.3) is 5.91 Å². The first-order chi connectivity index (χ1) is 21.9. The van der Waals surface area contributed by atoms with Crippen molar-refractivity contribution in [3.05, 3.63) is 143 Å². The first-order valence-electron chi connectivity index (χ1n) is 15.0. The zero-order chi connectivity index (χ0) is 31.8. The summed E-state index contributed by atoms with van der Waals surface area (Å²) in [5.74, 6) is 0.154. The van der Waals surface area contributed by atoms with Gasteiger partial charge in [-0.2, -0.15) is 0 Å². The summed E-state index contributed by atoms with van der Waals surface area (Å²) in [4.78, 5) is 27.3. The highest BCUT2D eigenvalue weighted by Crippen LogP contribution is 2.39. The molecule has 5 rings (SSSR count). The van der Waals surface area contributed by atoms with Gasteiger partial charge in [0.2, 0.25) is 5.91 Å². The number of benzene rings is 5. The van der Waals surface area contributed by atoms with E-state index < -0.39 is 17.9 Å². The predicted molar refractivity (Wildman–Crippen MR) is 181 cm³/mol. The third-order valence-corrected chi connectivity index (χ3v) is 7.91. The van der Waals surface area contributed by atoms with Crippen molar-refractivity contribution in [1.82, 2.24) is 10.6 Å². The molecular formula is C38H36ClN3O3. The summed E-state index contributed by atoms with van der Waals surface area (Å²) in [5.41, 5.74) is 11.3. The number of nitrogens with two attached hydrogens (primary N) is 1. The average molecular weight is 618 g/mol. The summed E-state index contributed by atoms with van der Waals surface area (Å²) < 4.78 is 6.34. The fraction of sp³-hybridized carbons (Fsp3) is 0.158. The van der Waals surface area contributed by atoms with E-state index in [2.05, 4.69) is 10.6 Å². The lowest BCUT2D eigenvalue weighted by atomic mass is 9.93. The molecule has 0 heterocycles. The van der Waals surface area contributed by atoms with Crippen molar-refractivity contribution in [2.45, 2.75) is 38.9 Å². The minimum absolute atomic E-state index is 0.0794. The van der Waals surface area contributed by atoms with Crippen molar-refractivity contribution in [2.24, 2.45) is 5.73 Å². The molecule has 2 amide bonds. The molecule has 0 aliphatic carbocycles. The van der Waals surface area contributed by atoms with Crippen molar-refractivity contribution in [2.75, 3.05) is 0 Å². The number of nitrogens with one attached hydrogen (secondary N) is 2. The molecule has 0 spiro atoms. The number of rotatable bonds is 11. The molecule has 5 aromatic rings. The Balaban J connectivity index is 1.50. The van der Waals surface area contributed by atoms with Gasteiger partial charge in [-0.15, -0.1) is 0 Å². The first kappa shape index (κ1) is 31.7. The highest BCUT2D eigenvalue weighted by Gasteiger charge is 2.24. The maximum atomic E-state index is 13.9. The number of carbonyl (C=O) groups is 2. The lowest BCUT2D eigenvalue weighted by Gasteiger charge is -2.22. The smallest absolute Gasteiger partial charge is 0.258 e. The van der Waals surface area contributed by atoms with Crippen LogP contribution < -0.4 is 21.1 Å². The van der Waals surface area contributed by atoms with Crippen molar-refractivity contribution in [3.63, 3.8) is 0 Å². The molecule has 0 bridgehead atoms. The number of imide groups is 1. The molecule has 228 valence electrons. The van der Waals surface area contributed by atoms with Crippen LogP contribution >= 0.6 is 11.6 Å². The fourth-order valence-electron chi connectivity index (χ4n) is 5.23. The molecule has 45 heavy (non-hydrogen) atoms. The van der Waals surface area contributed by atoms with Gasteiger partial charge >= 0.3 is 0 Å². The number of hydrogen-bond donors (Lipinski definition) is 3. The lowest BCUT2D eigenvalue weighted by Crippen LogP contribution is -2.46. The number of hydrogen-bond acceptors (Lipinski definition) is 5. The molecule has 0 radical (unpaired) electrons. The Bertz CT molecular complexity index is 1780. The van der Waals surface area contributed by atoms with Crippen molar-refractivity contribution >= 4 is 23.4 Å². The van der Waals surface area contributed by atoms with E-state index in [1.165, 1.54) is 0 Å². The summed E-state index contributed by atoms with van der Waals surface area (Å²) in [7, 11) is 0. The Morgan fingerprint density at radius 2 is 1.53 bits per heavy atom. The fourth-order valence-corrected chi connectivity index (χ4v) is 5.39. The molecule has 0 aliphatic rings. The van der Waals surface area contributed by atoms with Crippen molar-refractivity contribution in [3.8, 4) is 33.8 Å². The van der Waals surface area contributed by atoms with Crippen LogP contribution in [0.2, 0.25) is 5.02 Å². The molecule has 6 nitrogen and oxygen atoms in total. The second kappa shape index (κ2) is 14.8. The Hall–Kier alpha value is -4.75. The molecule has 4 N–H and O–H groups in total. The Morgan fingerprint density at radius 3 is 2.24 bits per heavy atom. The zero-order valence-electron chi connectivity index (χ0n) is 25.3. The van der Waals surface area contributed by atoms with Gasteiger partial charge in [-0.05, 0) is 77.6 Å².